The first kappa shape index (κ1) is 15.3. The van der Waals surface area contributed by atoms with Crippen molar-refractivity contribution in [2.45, 2.75) is 6.92 Å². The largest absolute Gasteiger partial charge is 0.466 e. The number of allylic oxidation sites excluding steroid dienone is 1. The molecule has 0 radical (unpaired) electrons. The van der Waals surface area contributed by atoms with Crippen LogP contribution >= 0.6 is 0 Å². The summed E-state index contributed by atoms with van der Waals surface area (Å²) in [5.74, 6) is -0.220. The zero-order chi connectivity index (χ0) is 16.1. The van der Waals surface area contributed by atoms with E-state index in [2.05, 4.69) is 14.7 Å². The van der Waals surface area contributed by atoms with E-state index in [9.17, 15) is 14.4 Å². The van der Waals surface area contributed by atoms with Gasteiger partial charge >= 0.3 is 11.7 Å². The SMILES string of the molecule is COC(=O)/C=C(\C)c1c(Oc2ccccc2)[nH]c(=O)[nH]c1=O. The van der Waals surface area contributed by atoms with Crippen molar-refractivity contribution in [3.63, 3.8) is 0 Å². The maximum Gasteiger partial charge on any atom is 0.330 e. The molecule has 7 heteroatoms. The lowest BCUT2D eigenvalue weighted by molar-refractivity contribution is -0.134. The van der Waals surface area contributed by atoms with Crippen LogP contribution in [0.5, 0.6) is 11.6 Å². The van der Waals surface area contributed by atoms with Crippen molar-refractivity contribution in [2.75, 3.05) is 7.11 Å². The Hall–Kier alpha value is -3.09. The van der Waals surface area contributed by atoms with E-state index in [0.717, 1.165) is 6.08 Å². The highest BCUT2D eigenvalue weighted by molar-refractivity contribution is 5.91. The van der Waals surface area contributed by atoms with Crippen molar-refractivity contribution < 1.29 is 14.3 Å². The average molecular weight is 302 g/mol. The van der Waals surface area contributed by atoms with E-state index in [4.69, 9.17) is 4.74 Å². The third kappa shape index (κ3) is 3.51. The molecular weight excluding hydrogens is 288 g/mol. The molecule has 0 aliphatic rings. The fourth-order valence-electron chi connectivity index (χ4n) is 1.81. The van der Waals surface area contributed by atoms with E-state index in [1.54, 1.807) is 30.3 Å². The number of rotatable bonds is 4. The molecular formula is C15H14N2O5. The van der Waals surface area contributed by atoms with Gasteiger partial charge in [-0.1, -0.05) is 18.2 Å². The van der Waals surface area contributed by atoms with Crippen LogP contribution in [0.15, 0.2) is 46.0 Å². The molecule has 1 heterocycles. The lowest BCUT2D eigenvalue weighted by Gasteiger charge is -2.09. The minimum atomic E-state index is -0.703. The maximum atomic E-state index is 12.0. The topological polar surface area (TPSA) is 101 Å². The molecule has 2 rings (SSSR count). The number of aromatic nitrogens is 2. The number of carbonyl (C=O) groups excluding carboxylic acids is 1. The quantitative estimate of drug-likeness (QED) is 0.657. The highest BCUT2D eigenvalue weighted by atomic mass is 16.5. The Kier molecular flexibility index (Phi) is 4.57. The van der Waals surface area contributed by atoms with Gasteiger partial charge < -0.3 is 9.47 Å². The van der Waals surface area contributed by atoms with Gasteiger partial charge in [0.1, 0.15) is 11.3 Å². The fourth-order valence-corrected chi connectivity index (χ4v) is 1.81. The van der Waals surface area contributed by atoms with Gasteiger partial charge in [-0.25, -0.2) is 9.59 Å². The van der Waals surface area contributed by atoms with Gasteiger partial charge in [0.05, 0.1) is 7.11 Å². The number of carbonyl (C=O) groups is 1. The molecule has 0 unspecified atom stereocenters. The highest BCUT2D eigenvalue weighted by Gasteiger charge is 2.15. The second kappa shape index (κ2) is 6.57. The van der Waals surface area contributed by atoms with Crippen molar-refractivity contribution in [1.82, 2.24) is 9.97 Å². The molecule has 0 amide bonds. The van der Waals surface area contributed by atoms with E-state index in [-0.39, 0.29) is 11.4 Å². The summed E-state index contributed by atoms with van der Waals surface area (Å²) in [7, 11) is 1.23. The number of hydrogen-bond donors (Lipinski definition) is 2. The van der Waals surface area contributed by atoms with E-state index in [1.165, 1.54) is 14.0 Å². The summed E-state index contributed by atoms with van der Waals surface area (Å²) in [6, 6.07) is 8.64. The minimum absolute atomic E-state index is 0.0439. The van der Waals surface area contributed by atoms with Gasteiger partial charge in [-0.15, -0.1) is 0 Å². The monoisotopic (exact) mass is 302 g/mol. The number of aromatic amines is 2. The highest BCUT2D eigenvalue weighted by Crippen LogP contribution is 2.24. The number of H-pyrrole nitrogens is 2. The molecule has 0 aliphatic carbocycles. The molecule has 0 bridgehead atoms. The predicted octanol–water partition coefficient (Wildman–Crippen LogP) is 1.43. The van der Waals surface area contributed by atoms with E-state index < -0.39 is 17.2 Å². The van der Waals surface area contributed by atoms with Gasteiger partial charge in [0.25, 0.3) is 5.56 Å². The third-order valence-corrected chi connectivity index (χ3v) is 2.80. The lowest BCUT2D eigenvalue weighted by Crippen LogP contribution is -2.25. The number of nitrogens with one attached hydrogen (secondary N) is 2. The molecule has 2 N–H and O–H groups in total. The van der Waals surface area contributed by atoms with Crippen molar-refractivity contribution in [2.24, 2.45) is 0 Å². The molecule has 2 aromatic rings. The molecule has 1 aromatic carbocycles. The van der Waals surface area contributed by atoms with Crippen LogP contribution in [0.4, 0.5) is 0 Å². The summed E-state index contributed by atoms with van der Waals surface area (Å²) in [4.78, 5) is 39.3. The Morgan fingerprint density at radius 1 is 1.14 bits per heavy atom. The van der Waals surface area contributed by atoms with Crippen LogP contribution in [0.3, 0.4) is 0 Å². The molecule has 1 aromatic heterocycles. The number of benzene rings is 1. The predicted molar refractivity (Wildman–Crippen MR) is 79.9 cm³/mol. The van der Waals surface area contributed by atoms with Crippen LogP contribution in [-0.4, -0.2) is 23.0 Å². The Morgan fingerprint density at radius 3 is 2.45 bits per heavy atom. The molecule has 7 nitrogen and oxygen atoms in total. The normalized spacial score (nSPS) is 11.1. The van der Waals surface area contributed by atoms with Crippen LogP contribution in [-0.2, 0) is 9.53 Å². The van der Waals surface area contributed by atoms with Gasteiger partial charge in [0.15, 0.2) is 0 Å². The van der Waals surface area contributed by atoms with Crippen LogP contribution in [0.2, 0.25) is 0 Å². The molecule has 0 atom stereocenters. The van der Waals surface area contributed by atoms with E-state index in [1.807, 2.05) is 0 Å². The molecule has 114 valence electrons. The zero-order valence-electron chi connectivity index (χ0n) is 12.0. The van der Waals surface area contributed by atoms with Crippen LogP contribution in [0.1, 0.15) is 12.5 Å². The first-order valence-electron chi connectivity index (χ1n) is 6.37. The van der Waals surface area contributed by atoms with Gasteiger partial charge in [-0.05, 0) is 24.6 Å². The second-order valence-electron chi connectivity index (χ2n) is 4.38. The third-order valence-electron chi connectivity index (χ3n) is 2.80. The Labute approximate surface area is 125 Å². The van der Waals surface area contributed by atoms with Crippen LogP contribution in [0.25, 0.3) is 5.57 Å². The van der Waals surface area contributed by atoms with Crippen LogP contribution in [0, 0.1) is 0 Å². The molecule has 0 aliphatic heterocycles. The van der Waals surface area contributed by atoms with E-state index in [0.29, 0.717) is 11.3 Å². The zero-order valence-corrected chi connectivity index (χ0v) is 12.0. The van der Waals surface area contributed by atoms with E-state index >= 15 is 0 Å². The Balaban J connectivity index is 2.53. The fraction of sp³-hybridized carbons (Fsp3) is 0.133. The molecule has 22 heavy (non-hydrogen) atoms. The Morgan fingerprint density at radius 2 is 1.82 bits per heavy atom. The summed E-state index contributed by atoms with van der Waals surface area (Å²) in [6.07, 6.45) is 1.14. The summed E-state index contributed by atoms with van der Waals surface area (Å²) >= 11 is 0. The van der Waals surface area contributed by atoms with Crippen molar-refractivity contribution in [3.8, 4) is 11.6 Å². The summed E-state index contributed by atoms with van der Waals surface area (Å²) in [5, 5.41) is 0. The Bertz CT molecular complexity index is 818. The number of esters is 1. The molecule has 0 saturated carbocycles. The number of hydrogen-bond acceptors (Lipinski definition) is 5. The number of para-hydroxylation sites is 1. The maximum absolute atomic E-state index is 12.0. The van der Waals surface area contributed by atoms with Crippen molar-refractivity contribution >= 4 is 11.5 Å². The summed E-state index contributed by atoms with van der Waals surface area (Å²) in [6.45, 7) is 1.54. The van der Waals surface area contributed by atoms with Crippen LogP contribution < -0.4 is 16.0 Å². The van der Waals surface area contributed by atoms with Gasteiger partial charge in [0.2, 0.25) is 5.88 Å². The van der Waals surface area contributed by atoms with Crippen molar-refractivity contribution in [1.29, 1.82) is 0 Å². The van der Waals surface area contributed by atoms with Gasteiger partial charge in [0, 0.05) is 6.08 Å². The summed E-state index contributed by atoms with van der Waals surface area (Å²) in [5.41, 5.74) is -1.01. The average Bonchev–Trinajstić information content (AvgIpc) is 2.47. The lowest BCUT2D eigenvalue weighted by atomic mass is 10.1. The number of ether oxygens (including phenoxy) is 2. The molecule has 0 saturated heterocycles. The summed E-state index contributed by atoms with van der Waals surface area (Å²) < 4.78 is 10.1. The standard InChI is InChI=1S/C15H14N2O5/c1-9(8-11(18)21-2)12-13(19)16-15(20)17-14(12)22-10-6-4-3-5-7-10/h3-8H,1-2H3,(H2,16,17,19,20)/b9-8+. The minimum Gasteiger partial charge on any atom is -0.466 e. The molecule has 0 fully saturated rings. The second-order valence-corrected chi connectivity index (χ2v) is 4.38. The smallest absolute Gasteiger partial charge is 0.330 e. The van der Waals surface area contributed by atoms with Gasteiger partial charge in [-0.2, -0.15) is 0 Å². The first-order valence-corrected chi connectivity index (χ1v) is 6.37. The first-order chi connectivity index (χ1) is 10.5. The van der Waals surface area contributed by atoms with Gasteiger partial charge in [-0.3, -0.25) is 14.8 Å². The number of methoxy groups -OCH3 is 1. The molecule has 0 spiro atoms. The van der Waals surface area contributed by atoms with Crippen molar-refractivity contribution in [3.05, 3.63) is 62.8 Å².